The molecule has 0 saturated carbocycles. The normalized spacial score (nSPS) is 16.1. The monoisotopic (exact) mass is 468 g/mol. The fraction of sp³-hybridized carbons (Fsp3) is 0.423. The Balaban J connectivity index is 2.32. The van der Waals surface area contributed by atoms with Crippen LogP contribution in [0.5, 0.6) is 0 Å². The summed E-state index contributed by atoms with van der Waals surface area (Å²) in [6, 6.07) is 4.64. The molecule has 2 aromatic rings. The number of hydrogen-bond donors (Lipinski definition) is 0. The first-order valence-electron chi connectivity index (χ1n) is 10.7. The lowest BCUT2D eigenvalue weighted by molar-refractivity contribution is -0.142. The maximum Gasteiger partial charge on any atom is 0.338 e. The lowest BCUT2D eigenvalue weighted by atomic mass is 9.71. The number of esters is 2. The van der Waals surface area contributed by atoms with Gasteiger partial charge in [0.25, 0.3) is 0 Å². The maximum absolute atomic E-state index is 13.7. The van der Waals surface area contributed by atoms with Gasteiger partial charge in [-0.2, -0.15) is 0 Å². The number of carbonyl (C=O) groups is 3. The summed E-state index contributed by atoms with van der Waals surface area (Å²) in [6.45, 7) is 11.3. The average Bonchev–Trinajstić information content (AvgIpc) is 2.75. The molecule has 1 aromatic heterocycles. The summed E-state index contributed by atoms with van der Waals surface area (Å²) in [4.78, 5) is 51.1. The van der Waals surface area contributed by atoms with Crippen molar-refractivity contribution in [3.63, 3.8) is 0 Å². The molecule has 0 radical (unpaired) electrons. The SMILES string of the molecule is COC(=O)c1cc(C(=O)C2=c3ooc3=C(C(C)(C)C)C(C(=O)OC)C2=C=O)ccc1C(C)(C)C. The lowest BCUT2D eigenvalue weighted by Gasteiger charge is -2.31. The predicted molar refractivity (Wildman–Crippen MR) is 122 cm³/mol. The number of ether oxygens (including phenoxy) is 2. The van der Waals surface area contributed by atoms with E-state index in [0.717, 1.165) is 0 Å². The molecule has 8 nitrogen and oxygen atoms in total. The second-order valence-electron chi connectivity index (χ2n) is 10.2. The molecule has 1 aliphatic carbocycles. The van der Waals surface area contributed by atoms with Gasteiger partial charge in [0.1, 0.15) is 11.9 Å². The molecule has 180 valence electrons. The highest BCUT2D eigenvalue weighted by Gasteiger charge is 2.45. The van der Waals surface area contributed by atoms with Crippen molar-refractivity contribution in [3.05, 3.63) is 51.3 Å². The van der Waals surface area contributed by atoms with Crippen molar-refractivity contribution in [3.8, 4) is 0 Å². The first kappa shape index (κ1) is 25.0. The summed E-state index contributed by atoms with van der Waals surface area (Å²) in [7, 11) is 2.45. The Labute approximate surface area is 196 Å². The zero-order valence-corrected chi connectivity index (χ0v) is 20.6. The highest BCUT2D eigenvalue weighted by atomic mass is 17.0. The van der Waals surface area contributed by atoms with E-state index in [0.29, 0.717) is 11.1 Å². The van der Waals surface area contributed by atoms with Crippen molar-refractivity contribution in [2.75, 3.05) is 14.2 Å². The molecule has 8 heteroatoms. The van der Waals surface area contributed by atoms with E-state index < -0.39 is 34.5 Å². The Morgan fingerprint density at radius 1 is 0.912 bits per heavy atom. The van der Waals surface area contributed by atoms with Crippen molar-refractivity contribution >= 4 is 34.8 Å². The summed E-state index contributed by atoms with van der Waals surface area (Å²) in [6.07, 6.45) is 0. The molecule has 1 aliphatic rings. The first-order chi connectivity index (χ1) is 15.8. The van der Waals surface area contributed by atoms with Crippen LogP contribution in [0.1, 0.15) is 67.8 Å². The van der Waals surface area contributed by atoms with Crippen LogP contribution >= 0.6 is 0 Å². The Morgan fingerprint density at radius 2 is 1.53 bits per heavy atom. The Hall–Kier alpha value is -3.64. The lowest BCUT2D eigenvalue weighted by Crippen LogP contribution is -2.47. The van der Waals surface area contributed by atoms with E-state index >= 15 is 0 Å². The van der Waals surface area contributed by atoms with Crippen molar-refractivity contribution in [2.24, 2.45) is 11.3 Å². The molecule has 1 aromatic carbocycles. The number of rotatable bonds is 4. The van der Waals surface area contributed by atoms with Crippen LogP contribution in [-0.4, -0.2) is 37.9 Å². The summed E-state index contributed by atoms with van der Waals surface area (Å²) in [5, 5.41) is 0. The van der Waals surface area contributed by atoms with E-state index in [1.807, 2.05) is 41.5 Å². The Morgan fingerprint density at radius 3 is 1.97 bits per heavy atom. The van der Waals surface area contributed by atoms with Gasteiger partial charge in [-0.15, -0.1) is 0 Å². The van der Waals surface area contributed by atoms with E-state index in [-0.39, 0.29) is 33.1 Å². The van der Waals surface area contributed by atoms with Gasteiger partial charge in [0.15, 0.2) is 5.78 Å². The molecule has 1 unspecified atom stereocenters. The highest BCUT2D eigenvalue weighted by Crippen LogP contribution is 2.40. The van der Waals surface area contributed by atoms with Crippen molar-refractivity contribution in [2.45, 2.75) is 47.0 Å². The summed E-state index contributed by atoms with van der Waals surface area (Å²) >= 11 is 0. The largest absolute Gasteiger partial charge is 0.468 e. The molecule has 3 rings (SSSR count). The number of hydrogen-bond acceptors (Lipinski definition) is 8. The van der Waals surface area contributed by atoms with Crippen LogP contribution in [0.25, 0.3) is 11.1 Å². The third kappa shape index (κ3) is 4.05. The smallest absolute Gasteiger partial charge is 0.338 e. The first-order valence-corrected chi connectivity index (χ1v) is 10.7. The molecule has 0 amide bonds. The fourth-order valence-electron chi connectivity index (χ4n) is 4.21. The van der Waals surface area contributed by atoms with Gasteiger partial charge in [-0.1, -0.05) is 53.7 Å². The van der Waals surface area contributed by atoms with Gasteiger partial charge in [-0.05, 0) is 22.5 Å². The van der Waals surface area contributed by atoms with Gasteiger partial charge < -0.3 is 9.47 Å². The van der Waals surface area contributed by atoms with Gasteiger partial charge in [-0.3, -0.25) is 18.7 Å². The number of methoxy groups -OCH3 is 2. The zero-order valence-electron chi connectivity index (χ0n) is 20.6. The fourth-order valence-corrected chi connectivity index (χ4v) is 4.21. The van der Waals surface area contributed by atoms with Crippen LogP contribution in [0.3, 0.4) is 0 Å². The highest BCUT2D eigenvalue weighted by molar-refractivity contribution is 6.31. The van der Waals surface area contributed by atoms with Gasteiger partial charge >= 0.3 is 11.9 Å². The second-order valence-corrected chi connectivity index (χ2v) is 10.2. The van der Waals surface area contributed by atoms with Crippen molar-refractivity contribution < 1.29 is 37.8 Å². The summed E-state index contributed by atoms with van der Waals surface area (Å²) in [5.41, 5.74) is 0.362. The molecule has 1 heterocycles. The molecule has 0 saturated heterocycles. The van der Waals surface area contributed by atoms with Crippen molar-refractivity contribution in [1.82, 2.24) is 0 Å². The predicted octanol–water partition coefficient (Wildman–Crippen LogP) is 2.75. The minimum absolute atomic E-state index is 0.0490. The third-order valence-corrected chi connectivity index (χ3v) is 5.81. The molecule has 0 fully saturated rings. The minimum atomic E-state index is -1.20. The standard InChI is InChI=1S/C26H28O8/c1-25(2,3)16-10-9-13(11-14(16)23(29)31-7)20(28)18-15(12-27)17(24(30)32-8)19(26(4,5)6)22-21(18)33-34-22/h9-11,17H,1-8H3. The molecule has 1 atom stereocenters. The van der Waals surface area contributed by atoms with E-state index in [2.05, 4.69) is 0 Å². The van der Waals surface area contributed by atoms with Crippen LogP contribution in [0.2, 0.25) is 0 Å². The number of carbonyl (C=O) groups excluding carboxylic acids is 4. The summed E-state index contributed by atoms with van der Waals surface area (Å²) in [5.74, 6) is -1.38. The van der Waals surface area contributed by atoms with E-state index in [1.54, 1.807) is 18.1 Å². The molecule has 0 bridgehead atoms. The van der Waals surface area contributed by atoms with Crippen LogP contribution < -0.4 is 10.8 Å². The van der Waals surface area contributed by atoms with Gasteiger partial charge in [0.2, 0.25) is 10.8 Å². The Kier molecular flexibility index (Phi) is 6.33. The van der Waals surface area contributed by atoms with Gasteiger partial charge in [-0.25, -0.2) is 9.59 Å². The zero-order chi connectivity index (χ0) is 25.6. The molecule has 34 heavy (non-hydrogen) atoms. The van der Waals surface area contributed by atoms with Crippen LogP contribution in [0, 0.1) is 11.3 Å². The quantitative estimate of drug-likeness (QED) is 0.291. The number of fused-ring (bicyclic) bond motifs is 1. The van der Waals surface area contributed by atoms with Gasteiger partial charge in [0, 0.05) is 11.1 Å². The number of Topliss-reactive ketones (excluding diaryl/α,β-unsaturated/α-hetero) is 1. The van der Waals surface area contributed by atoms with Crippen LogP contribution in [0.15, 0.2) is 32.9 Å². The maximum atomic E-state index is 13.7. The third-order valence-electron chi connectivity index (χ3n) is 5.81. The van der Waals surface area contributed by atoms with Crippen molar-refractivity contribution in [1.29, 1.82) is 0 Å². The number of ketones is 1. The Bertz CT molecular complexity index is 1340. The molecular weight excluding hydrogens is 440 g/mol. The molecule has 0 N–H and O–H groups in total. The summed E-state index contributed by atoms with van der Waals surface area (Å²) < 4.78 is 20.2. The van der Waals surface area contributed by atoms with Gasteiger partial charge in [0.05, 0.1) is 30.9 Å². The minimum Gasteiger partial charge on any atom is -0.468 e. The molecule has 0 spiro atoms. The molecular formula is C26H28O8. The van der Waals surface area contributed by atoms with Crippen LogP contribution in [-0.2, 0) is 24.5 Å². The van der Waals surface area contributed by atoms with E-state index in [4.69, 9.17) is 18.6 Å². The average molecular weight is 469 g/mol. The number of benzene rings is 1. The van der Waals surface area contributed by atoms with E-state index in [9.17, 15) is 19.2 Å². The topological polar surface area (TPSA) is 113 Å². The van der Waals surface area contributed by atoms with E-state index in [1.165, 1.54) is 20.3 Å². The van der Waals surface area contributed by atoms with Crippen LogP contribution in [0.4, 0.5) is 0 Å². The molecule has 0 aliphatic heterocycles. The second kappa shape index (κ2) is 8.61.